The average Bonchev–Trinajstić information content (AvgIpc) is 2.72. The second-order valence-electron chi connectivity index (χ2n) is 8.86. The van der Waals surface area contributed by atoms with Crippen LogP contribution in [0.25, 0.3) is 22.5 Å². The number of amides is 1. The molecule has 0 aliphatic rings. The van der Waals surface area contributed by atoms with Gasteiger partial charge >= 0.3 is 0 Å². The second-order valence-corrected chi connectivity index (χ2v) is 8.86. The molecule has 0 aliphatic heterocycles. The molecule has 5 heteroatoms. The van der Waals surface area contributed by atoms with E-state index in [0.29, 0.717) is 11.3 Å². The van der Waals surface area contributed by atoms with Crippen LogP contribution >= 0.6 is 0 Å². The summed E-state index contributed by atoms with van der Waals surface area (Å²) in [6.07, 6.45) is 4.31. The van der Waals surface area contributed by atoms with Gasteiger partial charge in [-0.25, -0.2) is 15.0 Å². The number of hydrogen-bond acceptors (Lipinski definition) is 4. The van der Waals surface area contributed by atoms with Gasteiger partial charge in [0.25, 0.3) is 5.91 Å². The number of benzene rings is 1. The van der Waals surface area contributed by atoms with Gasteiger partial charge in [0.1, 0.15) is 6.33 Å². The van der Waals surface area contributed by atoms with Crippen LogP contribution in [0, 0.1) is 0 Å². The highest BCUT2D eigenvalue weighted by molar-refractivity contribution is 5.96. The van der Waals surface area contributed by atoms with Crippen molar-refractivity contribution in [3.05, 3.63) is 65.7 Å². The number of nitrogens with one attached hydrogen (secondary N) is 1. The summed E-state index contributed by atoms with van der Waals surface area (Å²) < 4.78 is 0. The molecule has 2 heterocycles. The highest BCUT2D eigenvalue weighted by Crippen LogP contribution is 2.29. The van der Waals surface area contributed by atoms with Gasteiger partial charge < -0.3 is 5.32 Å². The lowest BCUT2D eigenvalue weighted by atomic mass is 9.99. The molecule has 3 rings (SSSR count). The number of hydrogen-bond donors (Lipinski definition) is 1. The monoisotopic (exact) mass is 402 g/mol. The quantitative estimate of drug-likeness (QED) is 0.619. The van der Waals surface area contributed by atoms with Crippen LogP contribution < -0.4 is 5.32 Å². The molecule has 1 amide bonds. The van der Waals surface area contributed by atoms with Crippen LogP contribution in [0.3, 0.4) is 0 Å². The van der Waals surface area contributed by atoms with Crippen molar-refractivity contribution in [1.82, 2.24) is 20.3 Å². The summed E-state index contributed by atoms with van der Waals surface area (Å²) in [7, 11) is 0. The molecule has 156 valence electrons. The number of aromatic nitrogens is 3. The van der Waals surface area contributed by atoms with E-state index in [1.165, 1.54) is 5.56 Å². The average molecular weight is 403 g/mol. The van der Waals surface area contributed by atoms with Crippen LogP contribution in [-0.4, -0.2) is 26.4 Å². The minimum atomic E-state index is -0.331. The van der Waals surface area contributed by atoms with Gasteiger partial charge in [0.15, 0.2) is 0 Å². The molecule has 0 spiro atoms. The fourth-order valence-corrected chi connectivity index (χ4v) is 3.27. The standard InChI is InChI=1S/C25H30N4O/c1-7-17-8-10-18(11-9-17)21-12-19(24(30)29-25(4,5)6)13-22(28-21)20-14-26-15-27-23(20)16(2)3/h8-16H,7H2,1-6H3,(H,29,30). The van der Waals surface area contributed by atoms with Crippen LogP contribution in [-0.2, 0) is 6.42 Å². The highest BCUT2D eigenvalue weighted by Gasteiger charge is 2.19. The maximum atomic E-state index is 13.0. The van der Waals surface area contributed by atoms with E-state index >= 15 is 0 Å². The minimum Gasteiger partial charge on any atom is -0.347 e. The Hall–Kier alpha value is -3.08. The van der Waals surface area contributed by atoms with Crippen molar-refractivity contribution in [2.45, 2.75) is 59.4 Å². The van der Waals surface area contributed by atoms with Gasteiger partial charge in [0.05, 0.1) is 17.1 Å². The molecule has 0 fully saturated rings. The van der Waals surface area contributed by atoms with E-state index in [0.717, 1.165) is 28.9 Å². The fourth-order valence-electron chi connectivity index (χ4n) is 3.27. The number of nitrogens with zero attached hydrogens (tertiary/aromatic N) is 3. The lowest BCUT2D eigenvalue weighted by molar-refractivity contribution is 0.0919. The number of aryl methyl sites for hydroxylation is 1. The van der Waals surface area contributed by atoms with E-state index in [2.05, 4.69) is 60.3 Å². The molecule has 30 heavy (non-hydrogen) atoms. The summed E-state index contributed by atoms with van der Waals surface area (Å²) in [4.78, 5) is 26.5. The van der Waals surface area contributed by atoms with E-state index in [1.54, 1.807) is 12.5 Å². The number of rotatable bonds is 5. The first-order chi connectivity index (χ1) is 14.2. The predicted molar refractivity (Wildman–Crippen MR) is 121 cm³/mol. The molecular weight excluding hydrogens is 372 g/mol. The summed E-state index contributed by atoms with van der Waals surface area (Å²) >= 11 is 0. The fraction of sp³-hybridized carbons (Fsp3) is 0.360. The zero-order chi connectivity index (χ0) is 21.9. The Kier molecular flexibility index (Phi) is 6.30. The smallest absolute Gasteiger partial charge is 0.251 e. The Balaban J connectivity index is 2.17. The van der Waals surface area contributed by atoms with Crippen LogP contribution in [0.15, 0.2) is 48.9 Å². The van der Waals surface area contributed by atoms with Crippen molar-refractivity contribution >= 4 is 5.91 Å². The van der Waals surface area contributed by atoms with E-state index in [1.807, 2.05) is 32.9 Å². The normalized spacial score (nSPS) is 11.6. The molecule has 0 unspecified atom stereocenters. The largest absolute Gasteiger partial charge is 0.347 e. The van der Waals surface area contributed by atoms with Gasteiger partial charge in [-0.3, -0.25) is 4.79 Å². The molecule has 3 aromatic rings. The van der Waals surface area contributed by atoms with E-state index < -0.39 is 0 Å². The van der Waals surface area contributed by atoms with Crippen LogP contribution in [0.2, 0.25) is 0 Å². The lowest BCUT2D eigenvalue weighted by Gasteiger charge is -2.21. The molecule has 0 aliphatic carbocycles. The van der Waals surface area contributed by atoms with Gasteiger partial charge in [0, 0.05) is 28.4 Å². The van der Waals surface area contributed by atoms with Crippen molar-refractivity contribution in [3.8, 4) is 22.5 Å². The molecule has 2 aromatic heterocycles. The molecular formula is C25H30N4O. The Labute approximate surface area is 179 Å². The molecule has 1 N–H and O–H groups in total. The van der Waals surface area contributed by atoms with Gasteiger partial charge in [-0.1, -0.05) is 45.0 Å². The van der Waals surface area contributed by atoms with Gasteiger partial charge in [-0.15, -0.1) is 0 Å². The van der Waals surface area contributed by atoms with Gasteiger partial charge in [-0.2, -0.15) is 0 Å². The molecule has 0 saturated heterocycles. The third kappa shape index (κ3) is 5.09. The molecule has 0 bridgehead atoms. The first-order valence-electron chi connectivity index (χ1n) is 10.4. The van der Waals surface area contributed by atoms with Gasteiger partial charge in [0.2, 0.25) is 0 Å². The Bertz CT molecular complexity index is 1030. The Morgan fingerprint density at radius 2 is 1.73 bits per heavy atom. The van der Waals surface area contributed by atoms with E-state index in [-0.39, 0.29) is 17.4 Å². The third-order valence-electron chi connectivity index (χ3n) is 4.80. The van der Waals surface area contributed by atoms with Crippen LogP contribution in [0.1, 0.15) is 69.1 Å². The Morgan fingerprint density at radius 3 is 2.33 bits per heavy atom. The van der Waals surface area contributed by atoms with Crippen LogP contribution in [0.4, 0.5) is 0 Å². The maximum absolute atomic E-state index is 13.0. The van der Waals surface area contributed by atoms with Crippen molar-refractivity contribution in [2.75, 3.05) is 0 Å². The van der Waals surface area contributed by atoms with Crippen molar-refractivity contribution in [1.29, 1.82) is 0 Å². The second kappa shape index (κ2) is 8.74. The number of carbonyl (C=O) groups excluding carboxylic acids is 1. The maximum Gasteiger partial charge on any atom is 0.251 e. The zero-order valence-corrected chi connectivity index (χ0v) is 18.7. The summed E-state index contributed by atoms with van der Waals surface area (Å²) in [6.45, 7) is 12.2. The zero-order valence-electron chi connectivity index (χ0n) is 18.7. The molecule has 0 radical (unpaired) electrons. The topological polar surface area (TPSA) is 67.8 Å². The van der Waals surface area contributed by atoms with E-state index in [4.69, 9.17) is 4.98 Å². The third-order valence-corrected chi connectivity index (χ3v) is 4.80. The first-order valence-corrected chi connectivity index (χ1v) is 10.4. The molecule has 1 aromatic carbocycles. The molecule has 0 saturated carbocycles. The van der Waals surface area contributed by atoms with E-state index in [9.17, 15) is 4.79 Å². The summed E-state index contributed by atoms with van der Waals surface area (Å²) in [6, 6.07) is 12.0. The molecule has 5 nitrogen and oxygen atoms in total. The first kappa shape index (κ1) is 21.6. The minimum absolute atomic E-state index is 0.125. The van der Waals surface area contributed by atoms with Crippen molar-refractivity contribution < 1.29 is 4.79 Å². The predicted octanol–water partition coefficient (Wildman–Crippen LogP) is 5.42. The molecule has 0 atom stereocenters. The highest BCUT2D eigenvalue weighted by atomic mass is 16.1. The number of pyridine rings is 1. The van der Waals surface area contributed by atoms with Crippen LogP contribution in [0.5, 0.6) is 0 Å². The van der Waals surface area contributed by atoms with Gasteiger partial charge in [-0.05, 0) is 50.8 Å². The lowest BCUT2D eigenvalue weighted by Crippen LogP contribution is -2.40. The van der Waals surface area contributed by atoms with Crippen molar-refractivity contribution in [3.63, 3.8) is 0 Å². The Morgan fingerprint density at radius 1 is 1.07 bits per heavy atom. The summed E-state index contributed by atoms with van der Waals surface area (Å²) in [5.74, 6) is 0.0877. The summed E-state index contributed by atoms with van der Waals surface area (Å²) in [5.41, 5.74) is 5.71. The summed E-state index contributed by atoms with van der Waals surface area (Å²) in [5, 5.41) is 3.05. The SMILES string of the molecule is CCc1ccc(-c2cc(C(=O)NC(C)(C)C)cc(-c3cncnc3C(C)C)n2)cc1. The van der Waals surface area contributed by atoms with Crippen molar-refractivity contribution in [2.24, 2.45) is 0 Å². The number of carbonyl (C=O) groups is 1.